The van der Waals surface area contributed by atoms with Crippen molar-refractivity contribution < 1.29 is 17.9 Å². The van der Waals surface area contributed by atoms with Crippen LogP contribution in [0.5, 0.6) is 5.75 Å². The van der Waals surface area contributed by atoms with Gasteiger partial charge in [-0.3, -0.25) is 9.52 Å². The molecule has 0 aliphatic carbocycles. The number of methoxy groups -OCH3 is 1. The number of ether oxygens (including phenoxy) is 1. The summed E-state index contributed by atoms with van der Waals surface area (Å²) in [5.41, 5.74) is 2.53. The number of carbonyl (C=O) groups is 1. The molecule has 7 nitrogen and oxygen atoms in total. The third-order valence-electron chi connectivity index (χ3n) is 5.43. The van der Waals surface area contributed by atoms with Gasteiger partial charge in [0.1, 0.15) is 5.75 Å². The van der Waals surface area contributed by atoms with Gasteiger partial charge in [-0.1, -0.05) is 30.7 Å². The standard InChI is InChI=1S/C26H30ClN3O4S/c1-5-16-30(26(31)23-8-6-7-9-24(23)27)18-19-17-20(10-15-25(19)29(2)3)28-35(32,33)22-13-11-21(34-4)12-14-22/h6-15,17,28H,5,16,18H2,1-4H3. The van der Waals surface area contributed by atoms with Crippen LogP contribution < -0.4 is 14.4 Å². The van der Waals surface area contributed by atoms with Gasteiger partial charge in [-0.05, 0) is 66.6 Å². The molecule has 0 saturated carbocycles. The molecule has 0 unspecified atom stereocenters. The molecule has 1 amide bonds. The first-order valence-corrected chi connectivity index (χ1v) is 13.0. The van der Waals surface area contributed by atoms with Crippen molar-refractivity contribution in [1.82, 2.24) is 4.90 Å². The number of hydrogen-bond acceptors (Lipinski definition) is 5. The Labute approximate surface area is 212 Å². The maximum absolute atomic E-state index is 13.3. The molecule has 186 valence electrons. The highest BCUT2D eigenvalue weighted by Gasteiger charge is 2.21. The molecule has 0 fully saturated rings. The van der Waals surface area contributed by atoms with Gasteiger partial charge < -0.3 is 14.5 Å². The second kappa shape index (κ2) is 11.5. The van der Waals surface area contributed by atoms with Gasteiger partial charge in [-0.25, -0.2) is 8.42 Å². The molecule has 3 aromatic carbocycles. The maximum Gasteiger partial charge on any atom is 0.261 e. The molecular weight excluding hydrogens is 486 g/mol. The fraction of sp³-hybridized carbons (Fsp3) is 0.269. The number of rotatable bonds is 10. The van der Waals surface area contributed by atoms with Crippen molar-refractivity contribution >= 4 is 38.9 Å². The van der Waals surface area contributed by atoms with Crippen LogP contribution in [0, 0.1) is 0 Å². The topological polar surface area (TPSA) is 79.0 Å². The van der Waals surface area contributed by atoms with Crippen molar-refractivity contribution in [2.45, 2.75) is 24.8 Å². The first-order valence-electron chi connectivity index (χ1n) is 11.2. The lowest BCUT2D eigenvalue weighted by molar-refractivity contribution is 0.0743. The molecule has 0 aromatic heterocycles. The third-order valence-corrected chi connectivity index (χ3v) is 7.16. The van der Waals surface area contributed by atoms with Crippen LogP contribution in [0.15, 0.2) is 71.6 Å². The number of nitrogens with zero attached hydrogens (tertiary/aromatic N) is 2. The number of nitrogens with one attached hydrogen (secondary N) is 1. The van der Waals surface area contributed by atoms with Crippen molar-refractivity contribution in [3.8, 4) is 5.75 Å². The number of hydrogen-bond donors (Lipinski definition) is 1. The molecule has 0 spiro atoms. The molecule has 3 rings (SSSR count). The van der Waals surface area contributed by atoms with E-state index in [1.165, 1.54) is 19.2 Å². The van der Waals surface area contributed by atoms with Gasteiger partial charge in [0, 0.05) is 38.6 Å². The van der Waals surface area contributed by atoms with Crippen LogP contribution in [0.25, 0.3) is 0 Å². The molecule has 1 N–H and O–H groups in total. The van der Waals surface area contributed by atoms with Crippen LogP contribution in [-0.2, 0) is 16.6 Å². The number of benzene rings is 3. The molecule has 0 heterocycles. The van der Waals surface area contributed by atoms with Crippen LogP contribution in [0.2, 0.25) is 5.02 Å². The Balaban J connectivity index is 1.93. The van der Waals surface area contributed by atoms with E-state index in [1.54, 1.807) is 53.4 Å². The monoisotopic (exact) mass is 515 g/mol. The Hall–Kier alpha value is -3.23. The molecule has 0 aliphatic rings. The van der Waals surface area contributed by atoms with Crippen LogP contribution in [0.4, 0.5) is 11.4 Å². The minimum atomic E-state index is -3.81. The van der Waals surface area contributed by atoms with E-state index in [9.17, 15) is 13.2 Å². The summed E-state index contributed by atoms with van der Waals surface area (Å²) in [5.74, 6) is 0.396. The molecule has 0 saturated heterocycles. The maximum atomic E-state index is 13.3. The lowest BCUT2D eigenvalue weighted by Gasteiger charge is -2.26. The van der Waals surface area contributed by atoms with E-state index >= 15 is 0 Å². The largest absolute Gasteiger partial charge is 0.497 e. The smallest absolute Gasteiger partial charge is 0.261 e. The van der Waals surface area contributed by atoms with Crippen LogP contribution in [0.1, 0.15) is 29.3 Å². The normalized spacial score (nSPS) is 11.1. The van der Waals surface area contributed by atoms with Crippen LogP contribution in [-0.4, -0.2) is 47.0 Å². The van der Waals surface area contributed by atoms with E-state index in [0.29, 0.717) is 35.1 Å². The van der Waals surface area contributed by atoms with E-state index in [0.717, 1.165) is 17.7 Å². The quantitative estimate of drug-likeness (QED) is 0.398. The molecular formula is C26H30ClN3O4S. The molecule has 3 aromatic rings. The summed E-state index contributed by atoms with van der Waals surface area (Å²) in [6.45, 7) is 2.82. The summed E-state index contributed by atoms with van der Waals surface area (Å²) < 4.78 is 33.6. The van der Waals surface area contributed by atoms with Crippen LogP contribution in [0.3, 0.4) is 0 Å². The summed E-state index contributed by atoms with van der Waals surface area (Å²) in [6.07, 6.45) is 0.761. The number of amides is 1. The highest BCUT2D eigenvalue weighted by molar-refractivity contribution is 7.92. The van der Waals surface area contributed by atoms with Gasteiger partial charge in [0.2, 0.25) is 0 Å². The van der Waals surface area contributed by atoms with E-state index in [4.69, 9.17) is 16.3 Å². The first kappa shape index (κ1) is 26.4. The second-order valence-electron chi connectivity index (χ2n) is 8.23. The Morgan fingerprint density at radius 2 is 1.71 bits per heavy atom. The molecule has 0 aliphatic heterocycles. The molecule has 35 heavy (non-hydrogen) atoms. The van der Waals surface area contributed by atoms with Crippen LogP contribution >= 0.6 is 11.6 Å². The van der Waals surface area contributed by atoms with Crippen molar-refractivity contribution in [3.05, 3.63) is 82.9 Å². The summed E-state index contributed by atoms with van der Waals surface area (Å²) in [6, 6.07) is 18.4. The fourth-order valence-corrected chi connectivity index (χ4v) is 4.98. The molecule has 9 heteroatoms. The fourth-order valence-electron chi connectivity index (χ4n) is 3.71. The molecule has 0 radical (unpaired) electrons. The van der Waals surface area contributed by atoms with Gasteiger partial charge >= 0.3 is 0 Å². The third kappa shape index (κ3) is 6.46. The average Bonchev–Trinajstić information content (AvgIpc) is 2.83. The second-order valence-corrected chi connectivity index (χ2v) is 10.3. The predicted octanol–water partition coefficient (Wildman–Crippen LogP) is 5.27. The summed E-state index contributed by atoms with van der Waals surface area (Å²) in [5, 5.41) is 0.396. The predicted molar refractivity (Wildman–Crippen MR) is 141 cm³/mol. The number of sulfonamides is 1. The lowest BCUT2D eigenvalue weighted by atomic mass is 10.1. The Morgan fingerprint density at radius 3 is 2.31 bits per heavy atom. The molecule has 0 atom stereocenters. The zero-order chi connectivity index (χ0) is 25.6. The van der Waals surface area contributed by atoms with E-state index < -0.39 is 10.0 Å². The van der Waals surface area contributed by atoms with Crippen molar-refractivity contribution in [1.29, 1.82) is 0 Å². The number of anilines is 2. The van der Waals surface area contributed by atoms with Crippen molar-refractivity contribution in [3.63, 3.8) is 0 Å². The molecule has 0 bridgehead atoms. The minimum Gasteiger partial charge on any atom is -0.497 e. The highest BCUT2D eigenvalue weighted by atomic mass is 35.5. The van der Waals surface area contributed by atoms with Crippen molar-refractivity contribution in [2.75, 3.05) is 37.4 Å². The van der Waals surface area contributed by atoms with Gasteiger partial charge in [-0.2, -0.15) is 0 Å². The zero-order valence-electron chi connectivity index (χ0n) is 20.3. The highest BCUT2D eigenvalue weighted by Crippen LogP contribution is 2.28. The van der Waals surface area contributed by atoms with E-state index in [2.05, 4.69) is 4.72 Å². The SMILES string of the molecule is CCCN(Cc1cc(NS(=O)(=O)c2ccc(OC)cc2)ccc1N(C)C)C(=O)c1ccccc1Cl. The average molecular weight is 516 g/mol. The Morgan fingerprint density at radius 1 is 1.03 bits per heavy atom. The van der Waals surface area contributed by atoms with Gasteiger partial charge in [0.25, 0.3) is 15.9 Å². The summed E-state index contributed by atoms with van der Waals surface area (Å²) in [4.78, 5) is 17.1. The Kier molecular flexibility index (Phi) is 8.64. The van der Waals surface area contributed by atoms with Gasteiger partial charge in [-0.15, -0.1) is 0 Å². The summed E-state index contributed by atoms with van der Waals surface area (Å²) in [7, 11) is 1.52. The Bertz CT molecular complexity index is 1280. The van der Waals surface area contributed by atoms with Crippen molar-refractivity contribution in [2.24, 2.45) is 0 Å². The number of carbonyl (C=O) groups excluding carboxylic acids is 1. The lowest BCUT2D eigenvalue weighted by Crippen LogP contribution is -2.32. The summed E-state index contributed by atoms with van der Waals surface area (Å²) >= 11 is 6.28. The van der Waals surface area contributed by atoms with Gasteiger partial charge in [0.05, 0.1) is 22.6 Å². The first-order chi connectivity index (χ1) is 16.7. The van der Waals surface area contributed by atoms with E-state index in [1.807, 2.05) is 32.0 Å². The minimum absolute atomic E-state index is 0.123. The van der Waals surface area contributed by atoms with E-state index in [-0.39, 0.29) is 10.8 Å². The van der Waals surface area contributed by atoms with Gasteiger partial charge in [0.15, 0.2) is 0 Å². The number of halogens is 1. The zero-order valence-corrected chi connectivity index (χ0v) is 21.9.